The Morgan fingerprint density at radius 1 is 1.09 bits per heavy atom. The van der Waals surface area contributed by atoms with Crippen molar-refractivity contribution >= 4 is 28.0 Å². The molecule has 0 atom stereocenters. The van der Waals surface area contributed by atoms with Crippen LogP contribution in [0.25, 0.3) is 16.9 Å². The maximum absolute atomic E-state index is 12.6. The van der Waals surface area contributed by atoms with Crippen molar-refractivity contribution in [1.82, 2.24) is 33.8 Å². The van der Waals surface area contributed by atoms with Crippen LogP contribution >= 0.6 is 11.5 Å². The highest BCUT2D eigenvalue weighted by atomic mass is 32.1. The van der Waals surface area contributed by atoms with Crippen molar-refractivity contribution in [1.29, 1.82) is 0 Å². The number of hydrogen-bond acceptors (Lipinski definition) is 7. The lowest BCUT2D eigenvalue weighted by Crippen LogP contribution is -2.31. The summed E-state index contributed by atoms with van der Waals surface area (Å²) >= 11 is 1.03. The maximum Gasteiger partial charge on any atom is 0.390 e. The molecule has 35 heavy (non-hydrogen) atoms. The van der Waals surface area contributed by atoms with E-state index in [4.69, 9.17) is 0 Å². The SMILES string of the molecule is Cc1cn2c(-c3cn[nH]c3)cnc2c(Nc2cc(CN(CCC(F)(F)F)CCC(F)(F)F)ns2)n1. The van der Waals surface area contributed by atoms with Crippen molar-refractivity contribution in [3.8, 4) is 11.3 Å². The minimum Gasteiger partial charge on any atom is -0.328 e. The van der Waals surface area contributed by atoms with Crippen LogP contribution in [-0.4, -0.2) is 59.3 Å². The number of aromatic nitrogens is 6. The van der Waals surface area contributed by atoms with Gasteiger partial charge in [0, 0.05) is 37.6 Å². The highest BCUT2D eigenvalue weighted by Crippen LogP contribution is 2.28. The van der Waals surface area contributed by atoms with Gasteiger partial charge in [-0.05, 0) is 24.5 Å². The third kappa shape index (κ3) is 6.69. The molecule has 2 N–H and O–H groups in total. The number of fused-ring (bicyclic) bond motifs is 1. The minimum absolute atomic E-state index is 0.144. The molecule has 188 valence electrons. The lowest BCUT2D eigenvalue weighted by molar-refractivity contribution is -0.146. The molecule has 0 aliphatic rings. The van der Waals surface area contributed by atoms with Crippen LogP contribution in [0.4, 0.5) is 37.2 Å². The van der Waals surface area contributed by atoms with E-state index in [1.165, 1.54) is 0 Å². The number of alkyl halides is 6. The summed E-state index contributed by atoms with van der Waals surface area (Å²) < 4.78 is 81.8. The van der Waals surface area contributed by atoms with Crippen LogP contribution in [0, 0.1) is 6.92 Å². The van der Waals surface area contributed by atoms with Crippen LogP contribution in [0.15, 0.2) is 30.9 Å². The van der Waals surface area contributed by atoms with Crippen molar-refractivity contribution in [3.63, 3.8) is 0 Å². The van der Waals surface area contributed by atoms with Crippen molar-refractivity contribution in [2.24, 2.45) is 0 Å². The Labute approximate surface area is 199 Å². The predicted octanol–water partition coefficient (Wildman–Crippen LogP) is 5.33. The number of aromatic amines is 1. The second kappa shape index (κ2) is 9.81. The molecule has 4 aromatic rings. The fourth-order valence-corrected chi connectivity index (χ4v) is 4.09. The number of halogens is 6. The van der Waals surface area contributed by atoms with Crippen LogP contribution in [0.2, 0.25) is 0 Å². The summed E-state index contributed by atoms with van der Waals surface area (Å²) in [7, 11) is 0. The van der Waals surface area contributed by atoms with E-state index in [9.17, 15) is 26.3 Å². The van der Waals surface area contributed by atoms with Crippen LogP contribution in [0.3, 0.4) is 0 Å². The van der Waals surface area contributed by atoms with Gasteiger partial charge in [0.15, 0.2) is 11.5 Å². The molecule has 0 unspecified atom stereocenters. The molecule has 0 aliphatic heterocycles. The van der Waals surface area contributed by atoms with Gasteiger partial charge in [0.2, 0.25) is 0 Å². The molecule has 0 fully saturated rings. The minimum atomic E-state index is -4.47. The van der Waals surface area contributed by atoms with Gasteiger partial charge < -0.3 is 5.32 Å². The first-order valence-electron chi connectivity index (χ1n) is 10.4. The van der Waals surface area contributed by atoms with Gasteiger partial charge in [-0.25, -0.2) is 9.97 Å². The number of nitrogens with one attached hydrogen (secondary N) is 2. The predicted molar refractivity (Wildman–Crippen MR) is 117 cm³/mol. The molecular weight excluding hydrogens is 498 g/mol. The smallest absolute Gasteiger partial charge is 0.328 e. The molecule has 0 radical (unpaired) electrons. The zero-order chi connectivity index (χ0) is 25.2. The van der Waals surface area contributed by atoms with E-state index in [0.717, 1.165) is 27.7 Å². The summed E-state index contributed by atoms with van der Waals surface area (Å²) in [6, 6.07) is 1.58. The lowest BCUT2D eigenvalue weighted by Gasteiger charge is -2.22. The molecule has 4 heterocycles. The molecular formula is C20H20F6N8S. The normalized spacial score (nSPS) is 12.7. The number of nitrogens with zero attached hydrogens (tertiary/aromatic N) is 6. The molecule has 15 heteroatoms. The standard InChI is InChI=1S/C20H20F6N8S/c1-12-10-34-15(13-7-28-29-8-13)9-27-18(34)17(30-12)31-16-6-14(32-35-16)11-33(4-2-19(21,22)23)5-3-20(24,25)26/h6-10H,2-5,11H2,1H3,(H,28,29)(H,30,31). The first-order valence-corrected chi connectivity index (χ1v) is 11.2. The summed E-state index contributed by atoms with van der Waals surface area (Å²) in [5, 5.41) is 10.3. The summed E-state index contributed by atoms with van der Waals surface area (Å²) in [4.78, 5) is 10.0. The monoisotopic (exact) mass is 518 g/mol. The van der Waals surface area contributed by atoms with Crippen LogP contribution < -0.4 is 5.32 Å². The third-order valence-electron chi connectivity index (χ3n) is 5.02. The Bertz CT molecular complexity index is 1240. The molecule has 0 bridgehead atoms. The summed E-state index contributed by atoms with van der Waals surface area (Å²) in [6.45, 7) is 0.561. The fraction of sp³-hybridized carbons (Fsp3) is 0.400. The van der Waals surface area contributed by atoms with E-state index in [2.05, 4.69) is 29.9 Å². The Balaban J connectivity index is 1.51. The van der Waals surface area contributed by atoms with Gasteiger partial charge in [0.25, 0.3) is 0 Å². The second-order valence-electron chi connectivity index (χ2n) is 7.87. The van der Waals surface area contributed by atoms with Crippen molar-refractivity contribution in [2.75, 3.05) is 18.4 Å². The molecule has 0 aromatic carbocycles. The van der Waals surface area contributed by atoms with Gasteiger partial charge in [-0.15, -0.1) is 0 Å². The quantitative estimate of drug-likeness (QED) is 0.291. The van der Waals surface area contributed by atoms with E-state index in [-0.39, 0.29) is 6.54 Å². The Morgan fingerprint density at radius 3 is 2.43 bits per heavy atom. The molecule has 0 saturated carbocycles. The average Bonchev–Trinajstić information content (AvgIpc) is 3.49. The first kappa shape index (κ1) is 24.9. The Hall–Kier alpha value is -3.20. The van der Waals surface area contributed by atoms with E-state index >= 15 is 0 Å². The largest absolute Gasteiger partial charge is 0.390 e. The Morgan fingerprint density at radius 2 is 1.80 bits per heavy atom. The summed E-state index contributed by atoms with van der Waals surface area (Å²) in [5.74, 6) is 0.431. The third-order valence-corrected chi connectivity index (χ3v) is 5.76. The number of aryl methyl sites for hydroxylation is 1. The maximum atomic E-state index is 12.6. The number of hydrogen-bond donors (Lipinski definition) is 2. The van der Waals surface area contributed by atoms with E-state index < -0.39 is 38.3 Å². The number of rotatable bonds is 9. The molecule has 0 saturated heterocycles. The van der Waals surface area contributed by atoms with Crippen LogP contribution in [0.1, 0.15) is 24.2 Å². The van der Waals surface area contributed by atoms with E-state index in [0.29, 0.717) is 27.9 Å². The van der Waals surface area contributed by atoms with Gasteiger partial charge in [-0.3, -0.25) is 14.4 Å². The topological polar surface area (TPSA) is 87.0 Å². The number of H-pyrrole nitrogens is 1. The zero-order valence-electron chi connectivity index (χ0n) is 18.3. The zero-order valence-corrected chi connectivity index (χ0v) is 19.1. The molecule has 0 amide bonds. The molecule has 0 spiro atoms. The molecule has 4 rings (SSSR count). The summed E-state index contributed by atoms with van der Waals surface area (Å²) in [6.07, 6.45) is -4.47. The second-order valence-corrected chi connectivity index (χ2v) is 8.67. The van der Waals surface area contributed by atoms with E-state index in [1.807, 2.05) is 10.6 Å². The molecule has 8 nitrogen and oxygen atoms in total. The molecule has 0 aliphatic carbocycles. The average molecular weight is 518 g/mol. The van der Waals surface area contributed by atoms with Crippen LogP contribution in [0.5, 0.6) is 0 Å². The van der Waals surface area contributed by atoms with Crippen LogP contribution in [-0.2, 0) is 6.54 Å². The van der Waals surface area contributed by atoms with Crippen molar-refractivity contribution in [3.05, 3.63) is 42.2 Å². The first-order chi connectivity index (χ1) is 16.5. The van der Waals surface area contributed by atoms with Gasteiger partial charge in [0.05, 0.1) is 42.3 Å². The van der Waals surface area contributed by atoms with Gasteiger partial charge in [-0.1, -0.05) is 0 Å². The lowest BCUT2D eigenvalue weighted by atomic mass is 10.3. The highest BCUT2D eigenvalue weighted by molar-refractivity contribution is 7.10. The fourth-order valence-electron chi connectivity index (χ4n) is 3.43. The van der Waals surface area contributed by atoms with Crippen molar-refractivity contribution < 1.29 is 26.3 Å². The van der Waals surface area contributed by atoms with E-state index in [1.54, 1.807) is 31.6 Å². The molecule has 4 aromatic heterocycles. The van der Waals surface area contributed by atoms with Crippen molar-refractivity contribution in [2.45, 2.75) is 38.7 Å². The number of imidazole rings is 1. The van der Waals surface area contributed by atoms with Gasteiger partial charge in [0.1, 0.15) is 5.00 Å². The Kier molecular flexibility index (Phi) is 6.98. The van der Waals surface area contributed by atoms with Gasteiger partial charge >= 0.3 is 12.4 Å². The van der Waals surface area contributed by atoms with Gasteiger partial charge in [-0.2, -0.15) is 35.8 Å². The number of anilines is 2. The summed E-state index contributed by atoms with van der Waals surface area (Å²) in [5.41, 5.74) is 3.19. The highest BCUT2D eigenvalue weighted by Gasteiger charge is 2.31.